The van der Waals surface area contributed by atoms with E-state index in [1.807, 2.05) is 0 Å². The molecule has 26 heavy (non-hydrogen) atoms. The van der Waals surface area contributed by atoms with Crippen molar-refractivity contribution < 1.29 is 42.8 Å². The Labute approximate surface area is 154 Å². The van der Waals surface area contributed by atoms with Crippen molar-refractivity contribution >= 4 is 34.0 Å². The number of rotatable bonds is 15. The minimum Gasteiger partial charge on any atom is -0.287 e. The number of halogens is 6. The van der Waals surface area contributed by atoms with Crippen LogP contribution in [0.5, 0.6) is 0 Å². The third-order valence-electron chi connectivity index (χ3n) is 3.03. The lowest BCUT2D eigenvalue weighted by Gasteiger charge is -2.19. The summed E-state index contributed by atoms with van der Waals surface area (Å²) in [5, 5.41) is 0. The molecule has 0 radical (unpaired) electrons. The Kier molecular flexibility index (Phi) is 11.5. The van der Waals surface area contributed by atoms with Crippen LogP contribution in [0.25, 0.3) is 0 Å². The van der Waals surface area contributed by atoms with Gasteiger partial charge in [-0.05, 0) is 38.9 Å². The summed E-state index contributed by atoms with van der Waals surface area (Å²) in [5.41, 5.74) is 0. The lowest BCUT2D eigenvalue weighted by Crippen LogP contribution is -2.18. The Hall–Kier alpha value is 0.341. The standard InChI is InChI=1S/C12H27F6O4PSi3/c1-24(13,14)10-4-7-20-23(19,21-8-5-11-25(2,15)16)22-9-6-12-26(3,17)18/h4-12H2,1-3H3. The minimum atomic E-state index is -4.27. The van der Waals surface area contributed by atoms with Gasteiger partial charge in [0.2, 0.25) is 0 Å². The van der Waals surface area contributed by atoms with Crippen LogP contribution in [0.15, 0.2) is 0 Å². The first-order valence-electron chi connectivity index (χ1n) is 8.29. The molecule has 0 amide bonds. The summed E-state index contributed by atoms with van der Waals surface area (Å²) in [6.07, 6.45) is -0.190. The summed E-state index contributed by atoms with van der Waals surface area (Å²) in [5.74, 6) is 0. The van der Waals surface area contributed by atoms with E-state index in [1.165, 1.54) is 0 Å². The zero-order valence-corrected chi connectivity index (χ0v) is 19.1. The van der Waals surface area contributed by atoms with Gasteiger partial charge in [0.15, 0.2) is 0 Å². The fourth-order valence-corrected chi connectivity index (χ4v) is 5.37. The van der Waals surface area contributed by atoms with Crippen LogP contribution in [0, 0.1) is 0 Å². The van der Waals surface area contributed by atoms with Gasteiger partial charge in [-0.1, -0.05) is 0 Å². The molecule has 0 saturated heterocycles. The molecule has 0 unspecified atom stereocenters. The van der Waals surface area contributed by atoms with E-state index in [0.717, 1.165) is 19.6 Å². The highest BCUT2D eigenvalue weighted by atomic mass is 31.2. The Morgan fingerprint density at radius 2 is 0.846 bits per heavy atom. The fraction of sp³-hybridized carbons (Fsp3) is 1.00. The normalized spacial score (nSPS) is 14.0. The predicted octanol–water partition coefficient (Wildman–Crippen LogP) is 6.35. The van der Waals surface area contributed by atoms with Gasteiger partial charge in [-0.25, -0.2) is 4.57 Å². The van der Waals surface area contributed by atoms with Crippen molar-refractivity contribution in [2.75, 3.05) is 19.8 Å². The molecule has 0 aromatic carbocycles. The first-order valence-corrected chi connectivity index (χ1v) is 17.1. The van der Waals surface area contributed by atoms with Gasteiger partial charge in [-0.3, -0.25) is 38.2 Å². The van der Waals surface area contributed by atoms with Crippen molar-refractivity contribution in [3.63, 3.8) is 0 Å². The van der Waals surface area contributed by atoms with Gasteiger partial charge in [0.05, 0.1) is 19.8 Å². The molecule has 0 atom stereocenters. The van der Waals surface area contributed by atoms with E-state index in [2.05, 4.69) is 0 Å². The first kappa shape index (κ1) is 26.3. The number of hydrogen-bond donors (Lipinski definition) is 0. The molecule has 0 N–H and O–H groups in total. The highest BCUT2D eigenvalue weighted by Gasteiger charge is 2.32. The van der Waals surface area contributed by atoms with Gasteiger partial charge in [-0.2, -0.15) is 0 Å². The summed E-state index contributed by atoms with van der Waals surface area (Å²) >= 11 is 0. The zero-order valence-electron chi connectivity index (χ0n) is 15.2. The number of phosphoric ester groups is 1. The molecule has 0 heterocycles. The molecule has 0 bridgehead atoms. The third-order valence-corrected chi connectivity index (χ3v) is 8.22. The third kappa shape index (κ3) is 17.7. The number of hydrogen-bond acceptors (Lipinski definition) is 4. The van der Waals surface area contributed by atoms with Crippen LogP contribution in [-0.2, 0) is 18.1 Å². The van der Waals surface area contributed by atoms with E-state index in [1.54, 1.807) is 0 Å². The van der Waals surface area contributed by atoms with Gasteiger partial charge in [0.1, 0.15) is 0 Å². The van der Waals surface area contributed by atoms with Crippen molar-refractivity contribution in [1.82, 2.24) is 0 Å². The van der Waals surface area contributed by atoms with Crippen LogP contribution in [-0.4, -0.2) is 46.0 Å². The zero-order chi connectivity index (χ0) is 20.5. The summed E-state index contributed by atoms with van der Waals surface area (Å²) < 4.78 is 104. The molecule has 4 nitrogen and oxygen atoms in total. The molecule has 0 aliphatic rings. The summed E-state index contributed by atoms with van der Waals surface area (Å²) in [6.45, 7) is 1.65. The molecular weight excluding hydrogens is 437 g/mol. The first-order chi connectivity index (χ1) is 11.6. The minimum absolute atomic E-state index is 0.0632. The Bertz CT molecular complexity index is 380. The maximum absolute atomic E-state index is 12.9. The van der Waals surface area contributed by atoms with Crippen LogP contribution in [0.4, 0.5) is 24.6 Å². The van der Waals surface area contributed by atoms with Crippen LogP contribution in [0.1, 0.15) is 19.3 Å². The summed E-state index contributed by atoms with van der Waals surface area (Å²) in [6, 6.07) is -1.10. The van der Waals surface area contributed by atoms with E-state index in [0.29, 0.717) is 0 Å². The summed E-state index contributed by atoms with van der Waals surface area (Å²) in [4.78, 5) is 0. The average Bonchev–Trinajstić information content (AvgIpc) is 2.42. The molecule has 14 heteroatoms. The molecule has 0 rings (SSSR count). The SMILES string of the molecule is C[Si](F)(F)CCCOP(=O)(OCCC[Si](C)(F)F)OCCC[Si](C)(F)F. The molecule has 0 aliphatic heterocycles. The molecular formula is C12H27F6O4PSi3. The van der Waals surface area contributed by atoms with E-state index < -0.39 is 34.0 Å². The van der Waals surface area contributed by atoms with Crippen LogP contribution < -0.4 is 0 Å². The van der Waals surface area contributed by atoms with Gasteiger partial charge in [-0.15, -0.1) is 0 Å². The van der Waals surface area contributed by atoms with Crippen LogP contribution in [0.2, 0.25) is 37.8 Å². The van der Waals surface area contributed by atoms with E-state index in [4.69, 9.17) is 13.6 Å². The van der Waals surface area contributed by atoms with Gasteiger partial charge in [0, 0.05) is 18.1 Å². The van der Waals surface area contributed by atoms with Crippen LogP contribution >= 0.6 is 7.82 Å². The summed E-state index contributed by atoms with van der Waals surface area (Å²) in [7, 11) is -17.0. The van der Waals surface area contributed by atoms with E-state index >= 15 is 0 Å². The van der Waals surface area contributed by atoms with Crippen LogP contribution in [0.3, 0.4) is 0 Å². The molecule has 0 spiro atoms. The lowest BCUT2D eigenvalue weighted by atomic mass is 10.5. The van der Waals surface area contributed by atoms with Gasteiger partial charge in [0.25, 0.3) is 0 Å². The van der Waals surface area contributed by atoms with E-state index in [9.17, 15) is 29.2 Å². The molecule has 0 fully saturated rings. The Morgan fingerprint density at radius 1 is 0.615 bits per heavy atom. The van der Waals surface area contributed by atoms with Crippen molar-refractivity contribution in [2.24, 2.45) is 0 Å². The highest BCUT2D eigenvalue weighted by molar-refractivity contribution is 7.48. The monoisotopic (exact) mass is 464 g/mol. The Morgan fingerprint density at radius 3 is 1.04 bits per heavy atom. The van der Waals surface area contributed by atoms with Crippen molar-refractivity contribution in [3.05, 3.63) is 0 Å². The lowest BCUT2D eigenvalue weighted by molar-refractivity contribution is 0.112. The second kappa shape index (κ2) is 11.4. The highest BCUT2D eigenvalue weighted by Crippen LogP contribution is 2.50. The second-order valence-corrected chi connectivity index (χ2v) is 16.1. The van der Waals surface area contributed by atoms with Gasteiger partial charge < -0.3 is 0 Å². The maximum atomic E-state index is 12.9. The predicted molar refractivity (Wildman–Crippen MR) is 95.2 cm³/mol. The Balaban J connectivity index is 4.42. The molecule has 158 valence electrons. The van der Waals surface area contributed by atoms with Crippen molar-refractivity contribution in [2.45, 2.75) is 57.0 Å². The molecule has 0 aromatic heterocycles. The van der Waals surface area contributed by atoms with Gasteiger partial charge >= 0.3 is 34.0 Å². The molecule has 0 aliphatic carbocycles. The topological polar surface area (TPSA) is 44.8 Å². The second-order valence-electron chi connectivity index (χ2n) is 6.47. The van der Waals surface area contributed by atoms with E-state index in [-0.39, 0.29) is 57.2 Å². The smallest absolute Gasteiger partial charge is 0.287 e. The average molecular weight is 465 g/mol. The van der Waals surface area contributed by atoms with Crippen molar-refractivity contribution in [1.29, 1.82) is 0 Å². The number of phosphoric acid groups is 1. The quantitative estimate of drug-likeness (QED) is 0.0932. The van der Waals surface area contributed by atoms with Crippen molar-refractivity contribution in [3.8, 4) is 0 Å². The molecule has 0 aromatic rings. The largest absolute Gasteiger partial charge is 0.474 e. The molecule has 0 saturated carbocycles. The maximum Gasteiger partial charge on any atom is 0.474 e. The fourth-order valence-electron chi connectivity index (χ4n) is 1.79.